The molecule has 1 heterocycles. The summed E-state index contributed by atoms with van der Waals surface area (Å²) in [6.45, 7) is 1.46. The molecule has 0 spiro atoms. The zero-order valence-electron chi connectivity index (χ0n) is 9.07. The monoisotopic (exact) mass is 221 g/mol. The molecular formula is C12H12FNO2. The van der Waals surface area contributed by atoms with Crippen molar-refractivity contribution in [2.75, 3.05) is 0 Å². The van der Waals surface area contributed by atoms with Crippen LogP contribution in [0.25, 0.3) is 10.9 Å². The molecule has 84 valence electrons. The maximum absolute atomic E-state index is 13.3. The number of hydrogen-bond donors (Lipinski definition) is 1. The summed E-state index contributed by atoms with van der Waals surface area (Å²) >= 11 is 0. The molecule has 3 nitrogen and oxygen atoms in total. The zero-order valence-corrected chi connectivity index (χ0v) is 9.07. The zero-order chi connectivity index (χ0) is 11.9. The van der Waals surface area contributed by atoms with Gasteiger partial charge in [-0.15, -0.1) is 0 Å². The van der Waals surface area contributed by atoms with Crippen molar-refractivity contribution in [3.63, 3.8) is 0 Å². The SMILES string of the molecule is CC(F)c1cc2ccc(C(=O)O)cc2n1C. The van der Waals surface area contributed by atoms with Gasteiger partial charge < -0.3 is 9.67 Å². The Morgan fingerprint density at radius 3 is 2.69 bits per heavy atom. The Balaban J connectivity index is 2.69. The van der Waals surface area contributed by atoms with Crippen molar-refractivity contribution in [2.45, 2.75) is 13.1 Å². The van der Waals surface area contributed by atoms with Crippen LogP contribution in [0.3, 0.4) is 0 Å². The minimum atomic E-state index is -1.06. The molecule has 0 saturated heterocycles. The third kappa shape index (κ3) is 1.56. The maximum Gasteiger partial charge on any atom is 0.335 e. The Labute approximate surface area is 92.1 Å². The number of carboxylic acid groups (broad SMARTS) is 1. The van der Waals surface area contributed by atoms with Gasteiger partial charge in [-0.05, 0) is 25.1 Å². The Morgan fingerprint density at radius 2 is 2.12 bits per heavy atom. The summed E-state index contributed by atoms with van der Waals surface area (Å²) in [6.07, 6.45) is -1.06. The number of aromatic nitrogens is 1. The van der Waals surface area contributed by atoms with Crippen LogP contribution in [-0.2, 0) is 7.05 Å². The summed E-state index contributed by atoms with van der Waals surface area (Å²) in [5, 5.41) is 9.72. The van der Waals surface area contributed by atoms with Crippen LogP contribution in [0.5, 0.6) is 0 Å². The van der Waals surface area contributed by atoms with E-state index in [0.717, 1.165) is 10.9 Å². The van der Waals surface area contributed by atoms with Gasteiger partial charge in [-0.2, -0.15) is 0 Å². The fourth-order valence-corrected chi connectivity index (χ4v) is 1.87. The Kier molecular flexibility index (Phi) is 2.42. The number of carbonyl (C=O) groups is 1. The highest BCUT2D eigenvalue weighted by atomic mass is 19.1. The van der Waals surface area contributed by atoms with E-state index in [9.17, 15) is 9.18 Å². The second-order valence-electron chi connectivity index (χ2n) is 3.82. The predicted molar refractivity (Wildman–Crippen MR) is 59.4 cm³/mol. The van der Waals surface area contributed by atoms with E-state index in [1.54, 1.807) is 29.8 Å². The topological polar surface area (TPSA) is 42.2 Å². The minimum absolute atomic E-state index is 0.215. The van der Waals surface area contributed by atoms with Crippen molar-refractivity contribution >= 4 is 16.9 Å². The molecule has 2 aromatic rings. The largest absolute Gasteiger partial charge is 0.478 e. The first-order valence-corrected chi connectivity index (χ1v) is 4.97. The van der Waals surface area contributed by atoms with E-state index >= 15 is 0 Å². The molecule has 0 amide bonds. The number of benzene rings is 1. The average molecular weight is 221 g/mol. The van der Waals surface area contributed by atoms with Gasteiger partial charge in [0.1, 0.15) is 6.17 Å². The molecule has 0 fully saturated rings. The summed E-state index contributed by atoms with van der Waals surface area (Å²) in [4.78, 5) is 10.8. The number of carboxylic acids is 1. The van der Waals surface area contributed by atoms with Gasteiger partial charge in [0.25, 0.3) is 0 Å². The number of nitrogens with zero attached hydrogens (tertiary/aromatic N) is 1. The quantitative estimate of drug-likeness (QED) is 0.847. The summed E-state index contributed by atoms with van der Waals surface area (Å²) in [5.74, 6) is -0.974. The Morgan fingerprint density at radius 1 is 1.44 bits per heavy atom. The van der Waals surface area contributed by atoms with Gasteiger partial charge in [0.05, 0.1) is 11.3 Å². The summed E-state index contributed by atoms with van der Waals surface area (Å²) in [5.41, 5.74) is 1.50. The number of aromatic carboxylic acids is 1. The summed E-state index contributed by atoms with van der Waals surface area (Å²) in [7, 11) is 1.74. The lowest BCUT2D eigenvalue weighted by molar-refractivity contribution is 0.0697. The van der Waals surface area contributed by atoms with E-state index in [-0.39, 0.29) is 5.56 Å². The lowest BCUT2D eigenvalue weighted by atomic mass is 10.1. The molecule has 0 saturated carbocycles. The first-order valence-electron chi connectivity index (χ1n) is 4.97. The average Bonchev–Trinajstić information content (AvgIpc) is 2.56. The van der Waals surface area contributed by atoms with Crippen molar-refractivity contribution in [1.29, 1.82) is 0 Å². The van der Waals surface area contributed by atoms with E-state index in [4.69, 9.17) is 5.11 Å². The molecule has 0 aliphatic heterocycles. The molecule has 1 N–H and O–H groups in total. The molecule has 0 radical (unpaired) electrons. The standard InChI is InChI=1S/C12H12FNO2/c1-7(13)10-5-8-3-4-9(12(15)16)6-11(8)14(10)2/h3-7H,1-2H3,(H,15,16). The molecule has 0 aliphatic rings. The molecule has 16 heavy (non-hydrogen) atoms. The normalized spacial score (nSPS) is 12.9. The first kappa shape index (κ1) is 10.7. The fourth-order valence-electron chi connectivity index (χ4n) is 1.87. The number of hydrogen-bond acceptors (Lipinski definition) is 1. The van der Waals surface area contributed by atoms with Gasteiger partial charge in [0, 0.05) is 18.0 Å². The van der Waals surface area contributed by atoms with E-state index in [2.05, 4.69) is 0 Å². The number of alkyl halides is 1. The lowest BCUT2D eigenvalue weighted by Gasteiger charge is -2.04. The highest BCUT2D eigenvalue weighted by molar-refractivity contribution is 5.93. The molecule has 0 aliphatic carbocycles. The van der Waals surface area contributed by atoms with Gasteiger partial charge >= 0.3 is 5.97 Å². The fraction of sp³-hybridized carbons (Fsp3) is 0.250. The molecular weight excluding hydrogens is 209 g/mol. The van der Waals surface area contributed by atoms with Crippen LogP contribution in [0.2, 0.25) is 0 Å². The molecule has 2 rings (SSSR count). The smallest absolute Gasteiger partial charge is 0.335 e. The first-order chi connectivity index (χ1) is 7.50. The van der Waals surface area contributed by atoms with Crippen molar-refractivity contribution < 1.29 is 14.3 Å². The van der Waals surface area contributed by atoms with Crippen LogP contribution in [0.4, 0.5) is 4.39 Å². The molecule has 1 aromatic heterocycles. The molecule has 4 heteroatoms. The van der Waals surface area contributed by atoms with Crippen molar-refractivity contribution in [3.8, 4) is 0 Å². The minimum Gasteiger partial charge on any atom is -0.478 e. The van der Waals surface area contributed by atoms with Gasteiger partial charge in [-0.25, -0.2) is 9.18 Å². The predicted octanol–water partition coefficient (Wildman–Crippen LogP) is 2.91. The highest BCUT2D eigenvalue weighted by Gasteiger charge is 2.12. The van der Waals surface area contributed by atoms with Crippen LogP contribution >= 0.6 is 0 Å². The molecule has 1 atom stereocenters. The van der Waals surface area contributed by atoms with E-state index < -0.39 is 12.1 Å². The number of rotatable bonds is 2. The van der Waals surface area contributed by atoms with Crippen molar-refractivity contribution in [3.05, 3.63) is 35.5 Å². The molecule has 1 unspecified atom stereocenters. The maximum atomic E-state index is 13.3. The second-order valence-corrected chi connectivity index (χ2v) is 3.82. The lowest BCUT2D eigenvalue weighted by Crippen LogP contribution is -1.99. The van der Waals surface area contributed by atoms with E-state index in [1.165, 1.54) is 13.0 Å². The van der Waals surface area contributed by atoms with Crippen LogP contribution < -0.4 is 0 Å². The van der Waals surface area contributed by atoms with E-state index in [1.807, 2.05) is 0 Å². The Hall–Kier alpha value is -1.84. The van der Waals surface area contributed by atoms with Crippen LogP contribution in [0.1, 0.15) is 29.1 Å². The van der Waals surface area contributed by atoms with E-state index in [0.29, 0.717) is 5.69 Å². The van der Waals surface area contributed by atoms with Crippen LogP contribution in [-0.4, -0.2) is 15.6 Å². The number of fused-ring (bicyclic) bond motifs is 1. The number of halogens is 1. The van der Waals surface area contributed by atoms with Gasteiger partial charge in [0.15, 0.2) is 0 Å². The number of aryl methyl sites for hydroxylation is 1. The Bertz CT molecular complexity index is 557. The van der Waals surface area contributed by atoms with Crippen LogP contribution in [0, 0.1) is 0 Å². The van der Waals surface area contributed by atoms with Crippen LogP contribution in [0.15, 0.2) is 24.3 Å². The summed E-state index contributed by atoms with van der Waals surface area (Å²) < 4.78 is 14.9. The van der Waals surface area contributed by atoms with Gasteiger partial charge in [0.2, 0.25) is 0 Å². The van der Waals surface area contributed by atoms with Gasteiger partial charge in [-0.1, -0.05) is 6.07 Å². The molecule has 0 bridgehead atoms. The molecule has 1 aromatic carbocycles. The third-order valence-corrected chi connectivity index (χ3v) is 2.74. The summed E-state index contributed by atoms with van der Waals surface area (Å²) in [6, 6.07) is 6.52. The van der Waals surface area contributed by atoms with Crippen molar-refractivity contribution in [1.82, 2.24) is 4.57 Å². The van der Waals surface area contributed by atoms with Gasteiger partial charge in [-0.3, -0.25) is 0 Å². The highest BCUT2D eigenvalue weighted by Crippen LogP contribution is 2.25. The second kappa shape index (κ2) is 3.63. The van der Waals surface area contributed by atoms with Crippen molar-refractivity contribution in [2.24, 2.45) is 7.05 Å². The third-order valence-electron chi connectivity index (χ3n) is 2.74.